The van der Waals surface area contributed by atoms with E-state index < -0.39 is 0 Å². The smallest absolute Gasteiger partial charge is 0.137 e. The summed E-state index contributed by atoms with van der Waals surface area (Å²) in [5, 5.41) is 2.36. The van der Waals surface area contributed by atoms with E-state index in [0.29, 0.717) is 6.67 Å². The molecule has 0 unspecified atom stereocenters. The third-order valence-electron chi connectivity index (χ3n) is 14.6. The molecule has 5 heteroatoms. The molecule has 0 spiro atoms. The second kappa shape index (κ2) is 18.0. The summed E-state index contributed by atoms with van der Waals surface area (Å²) in [6, 6.07) is 76.2. The molecule has 0 saturated carbocycles. The number of rotatable bonds is 11. The molecule has 350 valence electrons. The fourth-order valence-electron chi connectivity index (χ4n) is 10.4. The van der Waals surface area contributed by atoms with E-state index in [9.17, 15) is 0 Å². The fraction of sp³-hybridized carbons (Fsp3) is 0.167. The predicted octanol–water partition coefficient (Wildman–Crippen LogP) is 16.9. The summed E-state index contributed by atoms with van der Waals surface area (Å²) in [4.78, 5) is 9.89. The topological polar surface area (TPSA) is 33.5 Å². The number of benzene rings is 8. The monoisotopic (exact) mass is 924 g/mol. The van der Waals surface area contributed by atoms with Crippen molar-refractivity contribution < 1.29 is 4.74 Å². The molecule has 0 amide bonds. The largest absolute Gasteiger partial charge is 0.457 e. The van der Waals surface area contributed by atoms with Crippen LogP contribution < -0.4 is 14.5 Å². The van der Waals surface area contributed by atoms with Crippen LogP contribution in [0.2, 0.25) is 0 Å². The number of para-hydroxylation sites is 1. The predicted molar refractivity (Wildman–Crippen MR) is 297 cm³/mol. The molecule has 0 atom stereocenters. The van der Waals surface area contributed by atoms with E-state index in [0.717, 1.165) is 51.0 Å². The maximum atomic E-state index is 7.16. The second-order valence-electron chi connectivity index (χ2n) is 21.0. The Morgan fingerprint density at radius 1 is 0.451 bits per heavy atom. The fourth-order valence-corrected chi connectivity index (χ4v) is 10.4. The van der Waals surface area contributed by atoms with Crippen LogP contribution >= 0.6 is 0 Å². The van der Waals surface area contributed by atoms with Crippen LogP contribution in [-0.2, 0) is 16.2 Å². The van der Waals surface area contributed by atoms with Gasteiger partial charge in [0.15, 0.2) is 0 Å². The van der Waals surface area contributed by atoms with Gasteiger partial charge >= 0.3 is 0 Å². The average Bonchev–Trinajstić information content (AvgIpc) is 4.00. The summed E-state index contributed by atoms with van der Waals surface area (Å²) in [6.45, 7) is 16.7. The van der Waals surface area contributed by atoms with Gasteiger partial charge < -0.3 is 14.5 Å². The lowest BCUT2D eigenvalue weighted by atomic mass is 9.76. The molecule has 0 fully saturated rings. The zero-order chi connectivity index (χ0) is 48.9. The van der Waals surface area contributed by atoms with Gasteiger partial charge in [-0.05, 0) is 98.5 Å². The number of nitrogens with zero attached hydrogens (tertiary/aromatic N) is 4. The highest BCUT2D eigenvalue weighted by Gasteiger charge is 2.31. The van der Waals surface area contributed by atoms with Crippen molar-refractivity contribution in [2.24, 2.45) is 0 Å². The number of aromatic nitrogens is 2. The number of hydrogen-bond acceptors (Lipinski definition) is 4. The van der Waals surface area contributed by atoms with Crippen LogP contribution in [0.3, 0.4) is 0 Å². The van der Waals surface area contributed by atoms with Crippen molar-refractivity contribution in [1.29, 1.82) is 0 Å². The van der Waals surface area contributed by atoms with Crippen molar-refractivity contribution >= 4 is 38.9 Å². The minimum absolute atomic E-state index is 0.0377. The van der Waals surface area contributed by atoms with Crippen LogP contribution in [0.4, 0.5) is 11.4 Å². The molecular formula is C66H60N4O. The molecule has 8 aromatic carbocycles. The number of fused-ring (bicyclic) bond motifs is 3. The number of pyridine rings is 1. The maximum Gasteiger partial charge on any atom is 0.137 e. The Hall–Kier alpha value is -8.15. The van der Waals surface area contributed by atoms with E-state index in [1.165, 1.54) is 49.7 Å². The number of hydrogen-bond donors (Lipinski definition) is 0. The highest BCUT2D eigenvalue weighted by atomic mass is 16.5. The van der Waals surface area contributed by atoms with Gasteiger partial charge in [0.1, 0.15) is 17.3 Å². The Balaban J connectivity index is 1.03. The van der Waals surface area contributed by atoms with Crippen LogP contribution in [0, 0.1) is 0 Å². The Kier molecular flexibility index (Phi) is 11.5. The van der Waals surface area contributed by atoms with Crippen molar-refractivity contribution in [3.8, 4) is 28.4 Å². The molecule has 3 heterocycles. The average molecular weight is 925 g/mol. The molecule has 0 aliphatic carbocycles. The van der Waals surface area contributed by atoms with Gasteiger partial charge in [-0.1, -0.05) is 200 Å². The van der Waals surface area contributed by atoms with Gasteiger partial charge in [-0.25, -0.2) is 4.98 Å². The standard InChI is InChI=1S/C66H60N4O/c1-64(2,3)52-37-48(46-23-12-8-13-24-46)38-54(39-52)68-44-61(47-25-14-9-15-26-47)69(45-68)53-31-22-32-55(41-53)71-56-42-58(66(6,7)50-29-18-11-19-30-50)63-57-33-20-21-34-59(57)70(60(63)43-56)62-40-51(35-36-67-62)65(4,5)49-27-16-10-17-28-49/h8-44H,45H2,1-7H3. The minimum atomic E-state index is -0.390. The van der Waals surface area contributed by atoms with Gasteiger partial charge in [-0.2, -0.15) is 0 Å². The molecule has 1 aliphatic rings. The Bertz CT molecular complexity index is 3570. The lowest BCUT2D eigenvalue weighted by Gasteiger charge is -2.28. The lowest BCUT2D eigenvalue weighted by molar-refractivity contribution is 0.481. The van der Waals surface area contributed by atoms with Crippen LogP contribution in [-0.4, -0.2) is 16.2 Å². The second-order valence-corrected chi connectivity index (χ2v) is 21.0. The summed E-state index contributed by atoms with van der Waals surface area (Å²) in [5.41, 5.74) is 14.5. The maximum absolute atomic E-state index is 7.16. The van der Waals surface area contributed by atoms with E-state index >= 15 is 0 Å². The van der Waals surface area contributed by atoms with Crippen LogP contribution in [0.1, 0.15) is 81.8 Å². The van der Waals surface area contributed by atoms with E-state index in [-0.39, 0.29) is 16.2 Å². The van der Waals surface area contributed by atoms with Crippen molar-refractivity contribution in [1.82, 2.24) is 9.55 Å². The first-order valence-corrected chi connectivity index (χ1v) is 24.8. The van der Waals surface area contributed by atoms with E-state index in [1.54, 1.807) is 0 Å². The molecule has 5 nitrogen and oxygen atoms in total. The first-order chi connectivity index (χ1) is 34.3. The van der Waals surface area contributed by atoms with Gasteiger partial charge in [0.05, 0.1) is 23.4 Å². The summed E-state index contributed by atoms with van der Waals surface area (Å²) in [5.74, 6) is 2.38. The Morgan fingerprint density at radius 2 is 1.08 bits per heavy atom. The van der Waals surface area contributed by atoms with Crippen molar-refractivity contribution in [2.45, 2.75) is 64.7 Å². The van der Waals surface area contributed by atoms with Gasteiger partial charge in [0.2, 0.25) is 0 Å². The molecule has 1 aliphatic heterocycles. The SMILES string of the molecule is CC(C)(C)c1cc(-c2ccccc2)cc(N2C=C(c3ccccc3)N(c3cccc(Oc4cc(C(C)(C)c5ccccc5)c5c6ccccc6n(-c6cc(C(C)(C)c7ccccc7)ccn6)c5c4)c3)C2)c1. The van der Waals surface area contributed by atoms with Crippen LogP contribution in [0.15, 0.2) is 225 Å². The zero-order valence-electron chi connectivity index (χ0n) is 41.8. The van der Waals surface area contributed by atoms with Crippen molar-refractivity contribution in [2.75, 3.05) is 16.5 Å². The molecular weight excluding hydrogens is 865 g/mol. The molecule has 0 N–H and O–H groups in total. The summed E-state index contributed by atoms with van der Waals surface area (Å²) >= 11 is 0. The number of ether oxygens (including phenoxy) is 1. The van der Waals surface area contributed by atoms with Crippen molar-refractivity contribution in [3.63, 3.8) is 0 Å². The minimum Gasteiger partial charge on any atom is -0.457 e. The Morgan fingerprint density at radius 3 is 1.77 bits per heavy atom. The van der Waals surface area contributed by atoms with Gasteiger partial charge in [-0.3, -0.25) is 4.57 Å². The van der Waals surface area contributed by atoms with Gasteiger partial charge in [-0.15, -0.1) is 0 Å². The highest BCUT2D eigenvalue weighted by molar-refractivity contribution is 6.12. The third-order valence-corrected chi connectivity index (χ3v) is 14.6. The third kappa shape index (κ3) is 8.56. The lowest BCUT2D eigenvalue weighted by Crippen LogP contribution is -2.26. The molecule has 0 saturated heterocycles. The van der Waals surface area contributed by atoms with Crippen LogP contribution in [0.25, 0.3) is 44.4 Å². The molecule has 0 radical (unpaired) electrons. The quantitative estimate of drug-likeness (QED) is 0.129. The van der Waals surface area contributed by atoms with Crippen molar-refractivity contribution in [3.05, 3.63) is 258 Å². The van der Waals surface area contributed by atoms with E-state index in [2.05, 4.69) is 281 Å². The van der Waals surface area contributed by atoms with Crippen LogP contribution in [0.5, 0.6) is 11.5 Å². The summed E-state index contributed by atoms with van der Waals surface area (Å²) in [6.07, 6.45) is 4.26. The molecule has 2 aromatic heterocycles. The van der Waals surface area contributed by atoms with Gasteiger partial charge in [0.25, 0.3) is 0 Å². The van der Waals surface area contributed by atoms with E-state index in [4.69, 9.17) is 9.72 Å². The Labute approximate surface area is 419 Å². The molecule has 0 bridgehead atoms. The highest BCUT2D eigenvalue weighted by Crippen LogP contribution is 2.46. The number of anilines is 2. The molecule has 10 aromatic rings. The summed E-state index contributed by atoms with van der Waals surface area (Å²) in [7, 11) is 0. The van der Waals surface area contributed by atoms with E-state index in [1.807, 2.05) is 6.20 Å². The first-order valence-electron chi connectivity index (χ1n) is 24.8. The summed E-state index contributed by atoms with van der Waals surface area (Å²) < 4.78 is 9.49. The normalized spacial score (nSPS) is 13.3. The molecule has 11 rings (SSSR count). The zero-order valence-corrected chi connectivity index (χ0v) is 41.8. The van der Waals surface area contributed by atoms with Gasteiger partial charge in [0, 0.05) is 57.5 Å². The molecule has 71 heavy (non-hydrogen) atoms. The first kappa shape index (κ1) is 45.3.